The van der Waals surface area contributed by atoms with Gasteiger partial charge in [0.2, 0.25) is 0 Å². The van der Waals surface area contributed by atoms with E-state index in [0.717, 1.165) is 30.5 Å². The lowest BCUT2D eigenvalue weighted by atomic mass is 9.85. The molecule has 1 fully saturated rings. The maximum absolute atomic E-state index is 5.63. The molecule has 16 heavy (non-hydrogen) atoms. The molecule has 1 aromatic rings. The summed E-state index contributed by atoms with van der Waals surface area (Å²) >= 11 is 0. The lowest BCUT2D eigenvalue weighted by Gasteiger charge is -2.31. The molecule has 0 unspecified atom stereocenters. The largest absolute Gasteiger partial charge is 0.463 e. The van der Waals surface area contributed by atoms with Gasteiger partial charge in [-0.25, -0.2) is 0 Å². The van der Waals surface area contributed by atoms with Crippen LogP contribution in [0.3, 0.4) is 0 Å². The molecule has 2 N–H and O–H groups in total. The SMILES string of the molecule is CCN(Cc1ccc(CN)o1)CC1CCC1. The Morgan fingerprint density at radius 1 is 1.38 bits per heavy atom. The highest BCUT2D eigenvalue weighted by Crippen LogP contribution is 2.27. The Labute approximate surface area is 97.6 Å². The summed E-state index contributed by atoms with van der Waals surface area (Å²) in [6, 6.07) is 4.03. The molecule has 0 atom stereocenters. The van der Waals surface area contributed by atoms with Crippen LogP contribution in [0.2, 0.25) is 0 Å². The number of furan rings is 1. The molecule has 3 nitrogen and oxygen atoms in total. The van der Waals surface area contributed by atoms with Crippen LogP contribution in [-0.4, -0.2) is 18.0 Å². The van der Waals surface area contributed by atoms with Crippen molar-refractivity contribution >= 4 is 0 Å². The van der Waals surface area contributed by atoms with E-state index in [1.807, 2.05) is 12.1 Å². The fourth-order valence-corrected chi connectivity index (χ4v) is 2.18. The van der Waals surface area contributed by atoms with Crippen LogP contribution in [-0.2, 0) is 13.1 Å². The van der Waals surface area contributed by atoms with Gasteiger partial charge in [-0.05, 0) is 37.4 Å². The van der Waals surface area contributed by atoms with E-state index in [2.05, 4.69) is 11.8 Å². The van der Waals surface area contributed by atoms with Crippen molar-refractivity contribution in [2.45, 2.75) is 39.3 Å². The highest BCUT2D eigenvalue weighted by Gasteiger charge is 2.20. The third-order valence-corrected chi connectivity index (χ3v) is 3.49. The molecular formula is C13H22N2O. The van der Waals surface area contributed by atoms with E-state index in [-0.39, 0.29) is 0 Å². The van der Waals surface area contributed by atoms with Crippen molar-refractivity contribution in [3.63, 3.8) is 0 Å². The first kappa shape index (κ1) is 11.7. The summed E-state index contributed by atoms with van der Waals surface area (Å²) in [4.78, 5) is 2.46. The van der Waals surface area contributed by atoms with Crippen LogP contribution >= 0.6 is 0 Å². The van der Waals surface area contributed by atoms with Crippen molar-refractivity contribution in [1.29, 1.82) is 0 Å². The van der Waals surface area contributed by atoms with Gasteiger partial charge in [-0.1, -0.05) is 13.3 Å². The lowest BCUT2D eigenvalue weighted by Crippen LogP contribution is -2.31. The molecule has 1 saturated carbocycles. The molecule has 3 heteroatoms. The van der Waals surface area contributed by atoms with Crippen molar-refractivity contribution in [3.8, 4) is 0 Å². The predicted molar refractivity (Wildman–Crippen MR) is 64.9 cm³/mol. The Morgan fingerprint density at radius 2 is 2.12 bits per heavy atom. The molecule has 0 saturated heterocycles. The van der Waals surface area contributed by atoms with Gasteiger partial charge in [-0.15, -0.1) is 0 Å². The Hall–Kier alpha value is -0.800. The summed E-state index contributed by atoms with van der Waals surface area (Å²) in [6.07, 6.45) is 4.23. The first-order valence-corrected chi connectivity index (χ1v) is 6.31. The van der Waals surface area contributed by atoms with Gasteiger partial charge in [-0.2, -0.15) is 0 Å². The van der Waals surface area contributed by atoms with Crippen molar-refractivity contribution in [2.75, 3.05) is 13.1 Å². The van der Waals surface area contributed by atoms with E-state index in [1.54, 1.807) is 0 Å². The topological polar surface area (TPSA) is 42.4 Å². The fourth-order valence-electron chi connectivity index (χ4n) is 2.18. The zero-order chi connectivity index (χ0) is 11.4. The average Bonchev–Trinajstić information content (AvgIpc) is 2.69. The normalized spacial score (nSPS) is 16.7. The smallest absolute Gasteiger partial charge is 0.118 e. The van der Waals surface area contributed by atoms with Crippen molar-refractivity contribution < 1.29 is 4.42 Å². The first-order valence-electron chi connectivity index (χ1n) is 6.31. The molecule has 1 aliphatic rings. The summed E-state index contributed by atoms with van der Waals surface area (Å²) in [5, 5.41) is 0. The summed E-state index contributed by atoms with van der Waals surface area (Å²) < 4.78 is 5.63. The van der Waals surface area contributed by atoms with Gasteiger partial charge >= 0.3 is 0 Å². The van der Waals surface area contributed by atoms with Crippen LogP contribution in [0.5, 0.6) is 0 Å². The molecule has 0 aliphatic heterocycles. The Balaban J connectivity index is 1.84. The number of hydrogen-bond donors (Lipinski definition) is 1. The lowest BCUT2D eigenvalue weighted by molar-refractivity contribution is 0.168. The number of nitrogens with zero attached hydrogens (tertiary/aromatic N) is 1. The van der Waals surface area contributed by atoms with Gasteiger partial charge in [0.05, 0.1) is 13.1 Å². The molecule has 0 aromatic carbocycles. The monoisotopic (exact) mass is 222 g/mol. The molecule has 1 heterocycles. The first-order chi connectivity index (χ1) is 7.81. The minimum absolute atomic E-state index is 0.495. The van der Waals surface area contributed by atoms with Crippen LogP contribution < -0.4 is 5.73 Å². The van der Waals surface area contributed by atoms with Crippen LogP contribution in [0.1, 0.15) is 37.7 Å². The van der Waals surface area contributed by atoms with Crippen LogP contribution in [0.25, 0.3) is 0 Å². The molecule has 1 aliphatic carbocycles. The average molecular weight is 222 g/mol. The van der Waals surface area contributed by atoms with Gasteiger partial charge in [-0.3, -0.25) is 4.90 Å². The van der Waals surface area contributed by atoms with Gasteiger partial charge in [0.15, 0.2) is 0 Å². The van der Waals surface area contributed by atoms with Gasteiger partial charge in [0, 0.05) is 6.54 Å². The number of hydrogen-bond acceptors (Lipinski definition) is 3. The molecule has 2 rings (SSSR count). The van der Waals surface area contributed by atoms with Crippen molar-refractivity contribution in [1.82, 2.24) is 4.90 Å². The van der Waals surface area contributed by atoms with Crippen molar-refractivity contribution in [3.05, 3.63) is 23.7 Å². The molecule has 90 valence electrons. The van der Waals surface area contributed by atoms with Crippen LogP contribution in [0, 0.1) is 5.92 Å². The van der Waals surface area contributed by atoms with E-state index in [4.69, 9.17) is 10.2 Å². The Bertz CT molecular complexity index is 317. The van der Waals surface area contributed by atoms with Gasteiger partial charge in [0.1, 0.15) is 11.5 Å². The molecule has 0 spiro atoms. The fraction of sp³-hybridized carbons (Fsp3) is 0.692. The van der Waals surface area contributed by atoms with E-state index in [1.165, 1.54) is 25.8 Å². The van der Waals surface area contributed by atoms with Crippen molar-refractivity contribution in [2.24, 2.45) is 11.7 Å². The van der Waals surface area contributed by atoms with E-state index < -0.39 is 0 Å². The summed E-state index contributed by atoms with van der Waals surface area (Å²) in [6.45, 7) is 5.94. The zero-order valence-electron chi connectivity index (χ0n) is 10.1. The quantitative estimate of drug-likeness (QED) is 0.803. The highest BCUT2D eigenvalue weighted by molar-refractivity contribution is 5.06. The molecule has 1 aromatic heterocycles. The summed E-state index contributed by atoms with van der Waals surface area (Å²) in [7, 11) is 0. The van der Waals surface area contributed by atoms with Crippen LogP contribution in [0.15, 0.2) is 16.5 Å². The standard InChI is InChI=1S/C13H22N2O/c1-2-15(9-11-4-3-5-11)10-13-7-6-12(8-14)16-13/h6-7,11H,2-5,8-10,14H2,1H3. The third-order valence-electron chi connectivity index (χ3n) is 3.49. The molecule has 0 amide bonds. The molecule has 0 bridgehead atoms. The zero-order valence-corrected chi connectivity index (χ0v) is 10.1. The molecular weight excluding hydrogens is 200 g/mol. The van der Waals surface area contributed by atoms with Gasteiger partial charge in [0.25, 0.3) is 0 Å². The second-order valence-corrected chi connectivity index (χ2v) is 4.70. The van der Waals surface area contributed by atoms with E-state index >= 15 is 0 Å². The summed E-state index contributed by atoms with van der Waals surface area (Å²) in [5.41, 5.74) is 5.53. The summed E-state index contributed by atoms with van der Waals surface area (Å²) in [5.74, 6) is 2.85. The second kappa shape index (κ2) is 5.51. The number of rotatable bonds is 6. The maximum atomic E-state index is 5.63. The van der Waals surface area contributed by atoms with E-state index in [9.17, 15) is 0 Å². The minimum atomic E-state index is 0.495. The van der Waals surface area contributed by atoms with E-state index in [0.29, 0.717) is 6.54 Å². The highest BCUT2D eigenvalue weighted by atomic mass is 16.3. The minimum Gasteiger partial charge on any atom is -0.463 e. The molecule has 0 radical (unpaired) electrons. The number of nitrogens with two attached hydrogens (primary N) is 1. The Kier molecular flexibility index (Phi) is 4.02. The predicted octanol–water partition coefficient (Wildman–Crippen LogP) is 2.36. The third kappa shape index (κ3) is 2.86. The second-order valence-electron chi connectivity index (χ2n) is 4.70. The van der Waals surface area contributed by atoms with Crippen LogP contribution in [0.4, 0.5) is 0 Å². The Morgan fingerprint density at radius 3 is 2.62 bits per heavy atom. The maximum Gasteiger partial charge on any atom is 0.118 e. The van der Waals surface area contributed by atoms with Gasteiger partial charge < -0.3 is 10.2 Å².